The van der Waals surface area contributed by atoms with Gasteiger partial charge in [0.2, 0.25) is 16.1 Å². The smallest absolute Gasteiger partial charge is 0.268 e. The summed E-state index contributed by atoms with van der Waals surface area (Å²) < 4.78 is 42.9. The number of nitrogens with zero attached hydrogens (tertiary/aromatic N) is 1. The topological polar surface area (TPSA) is 102 Å². The van der Waals surface area contributed by atoms with E-state index >= 15 is 0 Å². The molecule has 2 atom stereocenters. The lowest BCUT2D eigenvalue weighted by atomic mass is 10.0. The second-order valence-electron chi connectivity index (χ2n) is 7.16. The molecule has 29 heavy (non-hydrogen) atoms. The van der Waals surface area contributed by atoms with Crippen LogP contribution in [0.25, 0.3) is 0 Å². The standard InChI is InChI=1S/C20H24FN3O4S/c1-13-3-4-15(11-18(13)21)19(20(25)24-10-9-23-14(2)12-24)28-16-5-7-17(8-6-16)29(22,26)27/h3-8,11,14,19,23H,9-10,12H2,1-2H3,(H2,22,26,27)/t14-,19?/m1/s1. The Bertz CT molecular complexity index is 995. The summed E-state index contributed by atoms with van der Waals surface area (Å²) in [6, 6.07) is 10.1. The molecule has 1 heterocycles. The Kier molecular flexibility index (Phi) is 6.21. The van der Waals surface area contributed by atoms with Gasteiger partial charge < -0.3 is 15.0 Å². The van der Waals surface area contributed by atoms with Crippen LogP contribution in [0, 0.1) is 12.7 Å². The number of halogens is 1. The van der Waals surface area contributed by atoms with Gasteiger partial charge in [0.25, 0.3) is 5.91 Å². The van der Waals surface area contributed by atoms with Crippen LogP contribution in [-0.2, 0) is 14.8 Å². The van der Waals surface area contributed by atoms with Crippen molar-refractivity contribution in [2.45, 2.75) is 30.9 Å². The van der Waals surface area contributed by atoms with Gasteiger partial charge in [-0.05, 0) is 49.7 Å². The summed E-state index contributed by atoms with van der Waals surface area (Å²) in [7, 11) is -3.84. The summed E-state index contributed by atoms with van der Waals surface area (Å²) in [5, 5.41) is 8.38. The van der Waals surface area contributed by atoms with Crippen LogP contribution in [0.5, 0.6) is 5.75 Å². The SMILES string of the molecule is Cc1ccc(C(Oc2ccc(S(N)(=O)=O)cc2)C(=O)N2CCN[C@H](C)C2)cc1F. The van der Waals surface area contributed by atoms with E-state index in [-0.39, 0.29) is 22.6 Å². The molecule has 0 aromatic heterocycles. The molecule has 156 valence electrons. The average molecular weight is 421 g/mol. The number of piperazine rings is 1. The van der Waals surface area contributed by atoms with Crippen molar-refractivity contribution in [1.82, 2.24) is 10.2 Å². The van der Waals surface area contributed by atoms with E-state index in [1.807, 2.05) is 6.92 Å². The fraction of sp³-hybridized carbons (Fsp3) is 0.350. The number of nitrogens with two attached hydrogens (primary N) is 1. The first-order valence-corrected chi connectivity index (χ1v) is 10.8. The predicted molar refractivity (Wildman–Crippen MR) is 106 cm³/mol. The molecule has 1 saturated heterocycles. The van der Waals surface area contributed by atoms with Gasteiger partial charge in [0, 0.05) is 31.2 Å². The Hall–Kier alpha value is -2.49. The van der Waals surface area contributed by atoms with E-state index in [2.05, 4.69) is 5.32 Å². The summed E-state index contributed by atoms with van der Waals surface area (Å²) in [6.45, 7) is 5.30. The van der Waals surface area contributed by atoms with E-state index in [0.717, 1.165) is 0 Å². The zero-order valence-electron chi connectivity index (χ0n) is 16.3. The van der Waals surface area contributed by atoms with Crippen molar-refractivity contribution in [3.8, 4) is 5.75 Å². The second-order valence-corrected chi connectivity index (χ2v) is 8.72. The monoisotopic (exact) mass is 421 g/mol. The first kappa shape index (κ1) is 21.2. The molecule has 0 radical (unpaired) electrons. The first-order chi connectivity index (χ1) is 13.6. The molecule has 3 N–H and O–H groups in total. The zero-order chi connectivity index (χ0) is 21.2. The number of ether oxygens (including phenoxy) is 1. The highest BCUT2D eigenvalue weighted by atomic mass is 32.2. The lowest BCUT2D eigenvalue weighted by Gasteiger charge is -2.34. The van der Waals surface area contributed by atoms with Crippen LogP contribution in [0.15, 0.2) is 47.4 Å². The third-order valence-corrected chi connectivity index (χ3v) is 5.74. The van der Waals surface area contributed by atoms with E-state index in [0.29, 0.717) is 30.8 Å². The van der Waals surface area contributed by atoms with Gasteiger partial charge in [0.1, 0.15) is 11.6 Å². The van der Waals surface area contributed by atoms with Crippen molar-refractivity contribution < 1.29 is 22.3 Å². The lowest BCUT2D eigenvalue weighted by molar-refractivity contribution is -0.140. The molecule has 0 spiro atoms. The Morgan fingerprint density at radius 2 is 1.97 bits per heavy atom. The maximum atomic E-state index is 14.2. The molecular weight excluding hydrogens is 397 g/mol. The van der Waals surface area contributed by atoms with Gasteiger partial charge >= 0.3 is 0 Å². The molecular formula is C20H24FN3O4S. The number of benzene rings is 2. The number of rotatable bonds is 5. The van der Waals surface area contributed by atoms with Crippen molar-refractivity contribution in [3.63, 3.8) is 0 Å². The quantitative estimate of drug-likeness (QED) is 0.766. The van der Waals surface area contributed by atoms with Crippen LogP contribution in [-0.4, -0.2) is 44.9 Å². The van der Waals surface area contributed by atoms with Crippen LogP contribution in [0.2, 0.25) is 0 Å². The van der Waals surface area contributed by atoms with Crippen LogP contribution >= 0.6 is 0 Å². The van der Waals surface area contributed by atoms with Crippen LogP contribution < -0.4 is 15.2 Å². The number of nitrogens with one attached hydrogen (secondary N) is 1. The van der Waals surface area contributed by atoms with Gasteiger partial charge in [0.15, 0.2) is 0 Å². The predicted octanol–water partition coefficient (Wildman–Crippen LogP) is 1.72. The molecule has 3 rings (SSSR count). The number of primary sulfonamides is 1. The maximum absolute atomic E-state index is 14.2. The molecule has 2 aromatic carbocycles. The number of hydrogen-bond acceptors (Lipinski definition) is 5. The Balaban J connectivity index is 1.91. The summed E-state index contributed by atoms with van der Waals surface area (Å²) in [4.78, 5) is 14.8. The highest BCUT2D eigenvalue weighted by molar-refractivity contribution is 7.89. The molecule has 2 aromatic rings. The van der Waals surface area contributed by atoms with E-state index < -0.39 is 21.9 Å². The zero-order valence-corrected chi connectivity index (χ0v) is 17.1. The third-order valence-electron chi connectivity index (χ3n) is 4.81. The largest absolute Gasteiger partial charge is 0.476 e. The molecule has 1 amide bonds. The Morgan fingerprint density at radius 3 is 2.55 bits per heavy atom. The molecule has 9 heteroatoms. The minimum absolute atomic E-state index is 0.0648. The number of carbonyl (C=O) groups is 1. The van der Waals surface area contributed by atoms with E-state index in [1.165, 1.54) is 30.3 Å². The molecule has 1 unspecified atom stereocenters. The number of amides is 1. The van der Waals surface area contributed by atoms with Gasteiger partial charge in [-0.1, -0.05) is 12.1 Å². The fourth-order valence-corrected chi connectivity index (χ4v) is 3.69. The molecule has 0 saturated carbocycles. The number of aryl methyl sites for hydroxylation is 1. The molecule has 0 aliphatic carbocycles. The highest BCUT2D eigenvalue weighted by Gasteiger charge is 2.31. The molecule has 1 aliphatic rings. The molecule has 7 nitrogen and oxygen atoms in total. The molecule has 0 bridgehead atoms. The highest BCUT2D eigenvalue weighted by Crippen LogP contribution is 2.27. The summed E-state index contributed by atoms with van der Waals surface area (Å²) >= 11 is 0. The minimum Gasteiger partial charge on any atom is -0.476 e. The van der Waals surface area contributed by atoms with Gasteiger partial charge in [-0.15, -0.1) is 0 Å². The number of hydrogen-bond donors (Lipinski definition) is 2. The minimum atomic E-state index is -3.84. The first-order valence-electron chi connectivity index (χ1n) is 9.23. The van der Waals surface area contributed by atoms with Crippen LogP contribution in [0.1, 0.15) is 24.2 Å². The van der Waals surface area contributed by atoms with Crippen LogP contribution in [0.4, 0.5) is 4.39 Å². The third kappa shape index (κ3) is 5.11. The van der Waals surface area contributed by atoms with Gasteiger partial charge in [-0.3, -0.25) is 4.79 Å². The van der Waals surface area contributed by atoms with E-state index in [4.69, 9.17) is 9.88 Å². The van der Waals surface area contributed by atoms with Crippen molar-refractivity contribution in [2.75, 3.05) is 19.6 Å². The van der Waals surface area contributed by atoms with Crippen molar-refractivity contribution in [3.05, 3.63) is 59.4 Å². The van der Waals surface area contributed by atoms with Gasteiger partial charge in [-0.2, -0.15) is 0 Å². The Morgan fingerprint density at radius 1 is 1.28 bits per heavy atom. The lowest BCUT2D eigenvalue weighted by Crippen LogP contribution is -2.53. The number of sulfonamides is 1. The second kappa shape index (κ2) is 8.48. The molecule has 1 aliphatic heterocycles. The van der Waals surface area contributed by atoms with E-state index in [1.54, 1.807) is 24.0 Å². The number of carbonyl (C=O) groups excluding carboxylic acids is 1. The van der Waals surface area contributed by atoms with Gasteiger partial charge in [-0.25, -0.2) is 17.9 Å². The van der Waals surface area contributed by atoms with Crippen molar-refractivity contribution in [1.29, 1.82) is 0 Å². The van der Waals surface area contributed by atoms with Crippen molar-refractivity contribution in [2.24, 2.45) is 5.14 Å². The normalized spacial score (nSPS) is 18.3. The summed E-state index contributed by atoms with van der Waals surface area (Å²) in [5.74, 6) is -0.431. The summed E-state index contributed by atoms with van der Waals surface area (Å²) in [5.41, 5.74) is 0.855. The fourth-order valence-electron chi connectivity index (χ4n) is 3.18. The van der Waals surface area contributed by atoms with Crippen LogP contribution in [0.3, 0.4) is 0 Å². The summed E-state index contributed by atoms with van der Waals surface area (Å²) in [6.07, 6.45) is -1.06. The maximum Gasteiger partial charge on any atom is 0.268 e. The van der Waals surface area contributed by atoms with Crippen molar-refractivity contribution >= 4 is 15.9 Å². The molecule has 1 fully saturated rings. The van der Waals surface area contributed by atoms with E-state index in [9.17, 15) is 17.6 Å². The Labute approximate surface area is 169 Å². The van der Waals surface area contributed by atoms with Gasteiger partial charge in [0.05, 0.1) is 4.90 Å². The average Bonchev–Trinajstić information content (AvgIpc) is 2.67.